The second-order valence-electron chi connectivity index (χ2n) is 6.17. The van der Waals surface area contributed by atoms with E-state index in [1.165, 1.54) is 0 Å². The molecule has 0 radical (unpaired) electrons. The van der Waals surface area contributed by atoms with Gasteiger partial charge in [-0.3, -0.25) is 14.9 Å². The molecule has 1 aromatic carbocycles. The number of non-ortho nitro benzene ring substituents is 1. The minimum absolute atomic E-state index is 0.0129. The van der Waals surface area contributed by atoms with Gasteiger partial charge in [0.1, 0.15) is 0 Å². The second-order valence-corrected chi connectivity index (χ2v) is 6.17. The summed E-state index contributed by atoms with van der Waals surface area (Å²) in [6, 6.07) is 5.20. The van der Waals surface area contributed by atoms with Crippen molar-refractivity contribution in [2.45, 2.75) is 31.7 Å². The van der Waals surface area contributed by atoms with E-state index in [1.54, 1.807) is 18.2 Å². The number of amides is 1. The van der Waals surface area contributed by atoms with Crippen molar-refractivity contribution in [2.24, 2.45) is 5.92 Å². The molecule has 0 spiro atoms. The molecule has 2 heterocycles. The molecule has 0 aromatic heterocycles. The van der Waals surface area contributed by atoms with E-state index >= 15 is 0 Å². The number of carbonyl (C=O) groups excluding carboxylic acids is 1. The number of carbonyl (C=O) groups is 1. The maximum Gasteiger partial charge on any atom is 0.269 e. The van der Waals surface area contributed by atoms with E-state index in [1.807, 2.05) is 6.07 Å². The summed E-state index contributed by atoms with van der Waals surface area (Å²) in [4.78, 5) is 25.4. The molecule has 2 aliphatic rings. The van der Waals surface area contributed by atoms with Crippen LogP contribution >= 0.6 is 0 Å². The average Bonchev–Trinajstić information content (AvgIpc) is 2.58. The Kier molecular flexibility index (Phi) is 4.32. The number of fused-ring (bicyclic) bond motifs is 3. The van der Waals surface area contributed by atoms with Crippen molar-refractivity contribution >= 4 is 17.3 Å². The van der Waals surface area contributed by atoms with Crippen LogP contribution in [0.3, 0.4) is 0 Å². The van der Waals surface area contributed by atoms with E-state index in [0.717, 1.165) is 37.1 Å². The molecule has 2 atom stereocenters. The van der Waals surface area contributed by atoms with Gasteiger partial charge in [0.15, 0.2) is 0 Å². The molecular weight excluding hydrogens is 294 g/mol. The van der Waals surface area contributed by atoms with Crippen LogP contribution in [0.2, 0.25) is 0 Å². The summed E-state index contributed by atoms with van der Waals surface area (Å²) in [6.07, 6.45) is 5.42. The highest BCUT2D eigenvalue weighted by Gasteiger charge is 2.39. The normalized spacial score (nSPS) is 22.7. The third kappa shape index (κ3) is 2.93. The van der Waals surface area contributed by atoms with Gasteiger partial charge in [0.05, 0.1) is 10.8 Å². The molecule has 3 rings (SSSR count). The Balaban J connectivity index is 1.94. The lowest BCUT2D eigenvalue weighted by atomic mass is 9.80. The molecule has 6 nitrogen and oxygen atoms in total. The lowest BCUT2D eigenvalue weighted by Crippen LogP contribution is -2.53. The number of nitrogens with zero attached hydrogens (tertiary/aromatic N) is 2. The fourth-order valence-corrected chi connectivity index (χ4v) is 3.75. The molecule has 1 saturated heterocycles. The summed E-state index contributed by atoms with van der Waals surface area (Å²) in [5.41, 5.74) is 2.04. The zero-order valence-corrected chi connectivity index (χ0v) is 13.0. The lowest BCUT2D eigenvalue weighted by Gasteiger charge is -2.45. The van der Waals surface area contributed by atoms with Crippen LogP contribution in [0, 0.1) is 16.0 Å². The van der Waals surface area contributed by atoms with Crippen LogP contribution < -0.4 is 10.2 Å². The van der Waals surface area contributed by atoms with E-state index < -0.39 is 0 Å². The minimum Gasteiger partial charge on any atom is -0.368 e. The van der Waals surface area contributed by atoms with Crippen molar-refractivity contribution in [3.63, 3.8) is 0 Å². The summed E-state index contributed by atoms with van der Waals surface area (Å²) in [6.45, 7) is 4.98. The van der Waals surface area contributed by atoms with Crippen LogP contribution in [0.5, 0.6) is 0 Å². The van der Waals surface area contributed by atoms with Gasteiger partial charge in [0.2, 0.25) is 5.91 Å². The van der Waals surface area contributed by atoms with Crippen molar-refractivity contribution in [3.8, 4) is 0 Å². The average molecular weight is 315 g/mol. The van der Waals surface area contributed by atoms with Gasteiger partial charge in [-0.1, -0.05) is 6.08 Å². The summed E-state index contributed by atoms with van der Waals surface area (Å²) >= 11 is 0. The Morgan fingerprint density at radius 3 is 3.04 bits per heavy atom. The zero-order chi connectivity index (χ0) is 16.4. The van der Waals surface area contributed by atoms with Gasteiger partial charge < -0.3 is 10.2 Å². The molecule has 1 fully saturated rings. The monoisotopic (exact) mass is 315 g/mol. The number of hydrogen-bond acceptors (Lipinski definition) is 4. The maximum absolute atomic E-state index is 12.5. The predicted octanol–water partition coefficient (Wildman–Crippen LogP) is 2.43. The van der Waals surface area contributed by atoms with Gasteiger partial charge in [0.25, 0.3) is 5.69 Å². The number of nitrogens with one attached hydrogen (secondary N) is 1. The van der Waals surface area contributed by atoms with Gasteiger partial charge in [-0.15, -0.1) is 6.58 Å². The van der Waals surface area contributed by atoms with Crippen LogP contribution in [-0.2, 0) is 11.2 Å². The number of piperidine rings is 1. The van der Waals surface area contributed by atoms with E-state index in [2.05, 4.69) is 16.8 Å². The summed E-state index contributed by atoms with van der Waals surface area (Å²) < 4.78 is 0. The molecule has 0 saturated carbocycles. The molecule has 122 valence electrons. The summed E-state index contributed by atoms with van der Waals surface area (Å²) in [5, 5.41) is 13.9. The Labute approximate surface area is 135 Å². The standard InChI is InChI=1S/C17H21N3O3/c1-2-8-18-17(21)14-11-12-10-13(20(22)23)6-7-15(12)19-9-4-3-5-16(14)19/h2,6-7,10,14,16H,1,3-5,8-9,11H2,(H,18,21)/t14-,16+/m1/s1. The Hall–Kier alpha value is -2.37. The molecule has 0 aliphatic carbocycles. The highest BCUT2D eigenvalue weighted by Crippen LogP contribution is 2.39. The van der Waals surface area contributed by atoms with Crippen molar-refractivity contribution in [3.05, 3.63) is 46.5 Å². The number of nitro groups is 1. The Morgan fingerprint density at radius 2 is 2.30 bits per heavy atom. The lowest BCUT2D eigenvalue weighted by molar-refractivity contribution is -0.384. The number of rotatable bonds is 4. The van der Waals surface area contributed by atoms with Crippen molar-refractivity contribution in [2.75, 3.05) is 18.0 Å². The zero-order valence-electron chi connectivity index (χ0n) is 13.0. The highest BCUT2D eigenvalue weighted by molar-refractivity contribution is 5.82. The molecule has 1 N–H and O–H groups in total. The molecule has 1 aromatic rings. The van der Waals surface area contributed by atoms with Crippen molar-refractivity contribution in [1.82, 2.24) is 5.32 Å². The van der Waals surface area contributed by atoms with Gasteiger partial charge in [-0.2, -0.15) is 0 Å². The molecule has 0 bridgehead atoms. The number of anilines is 1. The van der Waals surface area contributed by atoms with Gasteiger partial charge in [-0.05, 0) is 37.3 Å². The van der Waals surface area contributed by atoms with Gasteiger partial charge in [-0.25, -0.2) is 0 Å². The van der Waals surface area contributed by atoms with Crippen molar-refractivity contribution < 1.29 is 9.72 Å². The summed E-state index contributed by atoms with van der Waals surface area (Å²) in [7, 11) is 0. The van der Waals surface area contributed by atoms with E-state index in [0.29, 0.717) is 13.0 Å². The molecular formula is C17H21N3O3. The first-order chi connectivity index (χ1) is 11.1. The van der Waals surface area contributed by atoms with Gasteiger partial charge in [0, 0.05) is 37.0 Å². The maximum atomic E-state index is 12.5. The molecule has 23 heavy (non-hydrogen) atoms. The van der Waals surface area contributed by atoms with Crippen LogP contribution in [-0.4, -0.2) is 30.0 Å². The van der Waals surface area contributed by atoms with Gasteiger partial charge >= 0.3 is 0 Å². The van der Waals surface area contributed by atoms with Crippen LogP contribution in [0.25, 0.3) is 0 Å². The van der Waals surface area contributed by atoms with Crippen LogP contribution in [0.15, 0.2) is 30.9 Å². The fraction of sp³-hybridized carbons (Fsp3) is 0.471. The number of hydrogen-bond donors (Lipinski definition) is 1. The third-order valence-electron chi connectivity index (χ3n) is 4.79. The third-order valence-corrected chi connectivity index (χ3v) is 4.79. The minimum atomic E-state index is -0.380. The Bertz CT molecular complexity index is 644. The molecule has 1 amide bonds. The fourth-order valence-electron chi connectivity index (χ4n) is 3.75. The van der Waals surface area contributed by atoms with Crippen molar-refractivity contribution in [1.29, 1.82) is 0 Å². The van der Waals surface area contributed by atoms with E-state index in [-0.39, 0.29) is 28.5 Å². The SMILES string of the molecule is C=CCNC(=O)[C@@H]1Cc2cc([N+](=O)[O-])ccc2N2CCCC[C@@H]12. The largest absolute Gasteiger partial charge is 0.368 e. The first-order valence-corrected chi connectivity index (χ1v) is 8.04. The first kappa shape index (κ1) is 15.5. The van der Waals surface area contributed by atoms with Crippen LogP contribution in [0.1, 0.15) is 24.8 Å². The van der Waals surface area contributed by atoms with Crippen LogP contribution in [0.4, 0.5) is 11.4 Å². The van der Waals surface area contributed by atoms with E-state index in [9.17, 15) is 14.9 Å². The molecule has 2 aliphatic heterocycles. The topological polar surface area (TPSA) is 75.5 Å². The second kappa shape index (κ2) is 6.40. The summed E-state index contributed by atoms with van der Waals surface area (Å²) in [5.74, 6) is -0.149. The molecule has 0 unspecified atom stereocenters. The first-order valence-electron chi connectivity index (χ1n) is 8.04. The smallest absolute Gasteiger partial charge is 0.269 e. The predicted molar refractivity (Wildman–Crippen MR) is 88.5 cm³/mol. The number of nitro benzene ring substituents is 1. The van der Waals surface area contributed by atoms with E-state index in [4.69, 9.17) is 0 Å². The number of benzene rings is 1. The highest BCUT2D eigenvalue weighted by atomic mass is 16.6. The molecule has 6 heteroatoms. The quantitative estimate of drug-likeness (QED) is 0.526. The Morgan fingerprint density at radius 1 is 1.48 bits per heavy atom.